The van der Waals surface area contributed by atoms with Crippen LogP contribution in [0.2, 0.25) is 0 Å². The molecule has 10 heteroatoms. The molecule has 1 aromatic heterocycles. The summed E-state index contributed by atoms with van der Waals surface area (Å²) in [5, 5.41) is 6.50. The standard InChI is InChI=1S/C30H34F2N6O2/c1-37-13-15-38(16-14-37)30(40)26(3-2-12-33-27-17-25(27)20-8-10-23(31)11-9-20)36-29(39)22-6-4-21(5-7-22)28-34-18-24(32)19-35-28/h4-11,18-19,25-27,33H,2-3,12-17H2,1H3,(H,36,39)/t25-,26-,27+/m0/s1. The summed E-state index contributed by atoms with van der Waals surface area (Å²) in [7, 11) is 2.03. The van der Waals surface area contributed by atoms with Crippen LogP contribution < -0.4 is 10.6 Å². The Morgan fingerprint density at radius 1 is 0.950 bits per heavy atom. The number of nitrogens with zero attached hydrogens (tertiary/aromatic N) is 4. The fraction of sp³-hybridized carbons (Fsp3) is 0.400. The number of likely N-dealkylation sites (N-methyl/N-ethyl adjacent to an activating group) is 1. The smallest absolute Gasteiger partial charge is 0.251 e. The quantitative estimate of drug-likeness (QED) is 0.378. The molecule has 3 atom stereocenters. The van der Waals surface area contributed by atoms with Gasteiger partial charge in [-0.25, -0.2) is 18.7 Å². The molecule has 2 heterocycles. The molecular weight excluding hydrogens is 514 g/mol. The van der Waals surface area contributed by atoms with E-state index in [9.17, 15) is 18.4 Å². The molecule has 2 aromatic carbocycles. The summed E-state index contributed by atoms with van der Waals surface area (Å²) in [5.41, 5.74) is 2.21. The zero-order chi connectivity index (χ0) is 28.1. The van der Waals surface area contributed by atoms with Gasteiger partial charge in [0.15, 0.2) is 11.6 Å². The van der Waals surface area contributed by atoms with Crippen molar-refractivity contribution in [1.82, 2.24) is 30.4 Å². The number of aromatic nitrogens is 2. The van der Waals surface area contributed by atoms with Crippen LogP contribution in [0.4, 0.5) is 8.78 Å². The van der Waals surface area contributed by atoms with E-state index in [1.165, 1.54) is 12.1 Å². The Labute approximate surface area is 232 Å². The molecule has 0 unspecified atom stereocenters. The second-order valence-corrected chi connectivity index (χ2v) is 10.6. The fourth-order valence-corrected chi connectivity index (χ4v) is 5.07. The lowest BCUT2D eigenvalue weighted by molar-refractivity contribution is -0.135. The first-order chi connectivity index (χ1) is 19.4. The lowest BCUT2D eigenvalue weighted by Crippen LogP contribution is -2.54. The second kappa shape index (κ2) is 12.6. The summed E-state index contributed by atoms with van der Waals surface area (Å²) in [6, 6.07) is 13.1. The van der Waals surface area contributed by atoms with Crippen molar-refractivity contribution in [3.8, 4) is 11.4 Å². The number of benzene rings is 2. The van der Waals surface area contributed by atoms with Gasteiger partial charge in [0.05, 0.1) is 12.4 Å². The molecule has 2 fully saturated rings. The Bertz CT molecular complexity index is 1300. The van der Waals surface area contributed by atoms with Gasteiger partial charge in [0.25, 0.3) is 5.91 Å². The number of halogens is 2. The highest BCUT2D eigenvalue weighted by Crippen LogP contribution is 2.40. The van der Waals surface area contributed by atoms with Crippen LogP contribution >= 0.6 is 0 Å². The van der Waals surface area contributed by atoms with Gasteiger partial charge in [-0.2, -0.15) is 0 Å². The Balaban J connectivity index is 1.17. The Hall–Kier alpha value is -3.76. The first kappa shape index (κ1) is 27.8. The van der Waals surface area contributed by atoms with E-state index in [1.54, 1.807) is 24.3 Å². The Kier molecular flexibility index (Phi) is 8.76. The number of hydrogen-bond acceptors (Lipinski definition) is 6. The van der Waals surface area contributed by atoms with E-state index in [-0.39, 0.29) is 17.6 Å². The fourth-order valence-electron chi connectivity index (χ4n) is 5.07. The second-order valence-electron chi connectivity index (χ2n) is 10.6. The lowest BCUT2D eigenvalue weighted by Gasteiger charge is -2.34. The molecule has 5 rings (SSSR count). The number of piperazine rings is 1. The van der Waals surface area contributed by atoms with E-state index in [0.29, 0.717) is 48.4 Å². The van der Waals surface area contributed by atoms with E-state index < -0.39 is 11.9 Å². The van der Waals surface area contributed by atoms with Gasteiger partial charge in [-0.3, -0.25) is 9.59 Å². The van der Waals surface area contributed by atoms with E-state index in [4.69, 9.17) is 0 Å². The predicted molar refractivity (Wildman–Crippen MR) is 148 cm³/mol. The summed E-state index contributed by atoms with van der Waals surface area (Å²) in [4.78, 5) is 38.5. The maximum Gasteiger partial charge on any atom is 0.251 e. The van der Waals surface area contributed by atoms with Crippen molar-refractivity contribution in [3.05, 3.63) is 83.7 Å². The van der Waals surface area contributed by atoms with E-state index in [2.05, 4.69) is 25.5 Å². The minimum atomic E-state index is -0.634. The first-order valence-corrected chi connectivity index (χ1v) is 13.7. The van der Waals surface area contributed by atoms with Crippen molar-refractivity contribution < 1.29 is 18.4 Å². The minimum absolute atomic E-state index is 0.0617. The summed E-state index contributed by atoms with van der Waals surface area (Å²) >= 11 is 0. The van der Waals surface area contributed by atoms with E-state index in [1.807, 2.05) is 24.1 Å². The molecule has 1 saturated carbocycles. The number of carbonyl (C=O) groups excluding carboxylic acids is 2. The van der Waals surface area contributed by atoms with Crippen LogP contribution in [0, 0.1) is 11.6 Å². The van der Waals surface area contributed by atoms with Crippen molar-refractivity contribution in [2.24, 2.45) is 0 Å². The highest BCUT2D eigenvalue weighted by atomic mass is 19.1. The molecule has 3 aromatic rings. The third-order valence-electron chi connectivity index (χ3n) is 7.61. The maximum absolute atomic E-state index is 13.4. The molecule has 1 aliphatic carbocycles. The summed E-state index contributed by atoms with van der Waals surface area (Å²) in [6.45, 7) is 3.58. The average molecular weight is 549 g/mol. The lowest BCUT2D eigenvalue weighted by atomic mass is 10.1. The third kappa shape index (κ3) is 7.05. The zero-order valence-electron chi connectivity index (χ0n) is 22.5. The average Bonchev–Trinajstić information content (AvgIpc) is 3.75. The molecule has 8 nitrogen and oxygen atoms in total. The molecule has 210 valence electrons. The zero-order valence-corrected chi connectivity index (χ0v) is 22.5. The van der Waals surface area contributed by atoms with Gasteiger partial charge in [0.2, 0.25) is 5.91 Å². The number of carbonyl (C=O) groups is 2. The molecule has 2 N–H and O–H groups in total. The molecule has 1 aliphatic heterocycles. The van der Waals surface area contributed by atoms with Crippen LogP contribution in [0.1, 0.15) is 41.1 Å². The maximum atomic E-state index is 13.4. The summed E-state index contributed by atoms with van der Waals surface area (Å²) in [6.07, 6.45) is 4.43. The SMILES string of the molecule is CN1CCN(C(=O)[C@H](CCCN[C@@H]2C[C@H]2c2ccc(F)cc2)NC(=O)c2ccc(-c3ncc(F)cn3)cc2)CC1. The van der Waals surface area contributed by atoms with Gasteiger partial charge >= 0.3 is 0 Å². The van der Waals surface area contributed by atoms with Crippen LogP contribution in [0.25, 0.3) is 11.4 Å². The minimum Gasteiger partial charge on any atom is -0.340 e. The topological polar surface area (TPSA) is 90.5 Å². The van der Waals surface area contributed by atoms with Gasteiger partial charge in [0, 0.05) is 49.3 Å². The molecule has 2 amide bonds. The van der Waals surface area contributed by atoms with Gasteiger partial charge in [-0.1, -0.05) is 24.3 Å². The number of amides is 2. The van der Waals surface area contributed by atoms with Crippen LogP contribution in [-0.2, 0) is 4.79 Å². The monoisotopic (exact) mass is 548 g/mol. The number of rotatable bonds is 10. The number of hydrogen-bond donors (Lipinski definition) is 2. The molecule has 2 aliphatic rings. The molecule has 0 radical (unpaired) electrons. The first-order valence-electron chi connectivity index (χ1n) is 13.7. The Morgan fingerprint density at radius 3 is 2.30 bits per heavy atom. The highest BCUT2D eigenvalue weighted by molar-refractivity contribution is 5.97. The highest BCUT2D eigenvalue weighted by Gasteiger charge is 2.37. The van der Waals surface area contributed by atoms with Crippen LogP contribution in [0.15, 0.2) is 60.9 Å². The largest absolute Gasteiger partial charge is 0.340 e. The Morgan fingerprint density at radius 2 is 1.62 bits per heavy atom. The molecular formula is C30H34F2N6O2. The van der Waals surface area contributed by atoms with Gasteiger partial charge in [-0.05, 0) is 62.7 Å². The van der Waals surface area contributed by atoms with E-state index in [0.717, 1.165) is 50.4 Å². The molecule has 0 bridgehead atoms. The van der Waals surface area contributed by atoms with Crippen molar-refractivity contribution in [3.63, 3.8) is 0 Å². The summed E-state index contributed by atoms with van der Waals surface area (Å²) < 4.78 is 26.4. The normalized spacial score (nSPS) is 19.7. The van der Waals surface area contributed by atoms with Crippen molar-refractivity contribution in [2.75, 3.05) is 39.8 Å². The van der Waals surface area contributed by atoms with Crippen molar-refractivity contribution in [1.29, 1.82) is 0 Å². The number of nitrogens with one attached hydrogen (secondary N) is 2. The molecule has 0 spiro atoms. The van der Waals surface area contributed by atoms with Crippen LogP contribution in [0.5, 0.6) is 0 Å². The third-order valence-corrected chi connectivity index (χ3v) is 7.61. The summed E-state index contributed by atoms with van der Waals surface area (Å²) in [5.74, 6) is -0.396. The van der Waals surface area contributed by atoms with Gasteiger partial charge in [-0.15, -0.1) is 0 Å². The van der Waals surface area contributed by atoms with Crippen LogP contribution in [0.3, 0.4) is 0 Å². The molecule has 1 saturated heterocycles. The van der Waals surface area contributed by atoms with E-state index >= 15 is 0 Å². The molecule has 40 heavy (non-hydrogen) atoms. The van der Waals surface area contributed by atoms with Gasteiger partial charge in [0.1, 0.15) is 11.9 Å². The van der Waals surface area contributed by atoms with Gasteiger partial charge < -0.3 is 20.4 Å². The van der Waals surface area contributed by atoms with Crippen molar-refractivity contribution >= 4 is 11.8 Å². The van der Waals surface area contributed by atoms with Crippen LogP contribution in [-0.4, -0.2) is 83.4 Å². The van der Waals surface area contributed by atoms with Crippen molar-refractivity contribution in [2.45, 2.75) is 37.3 Å². The predicted octanol–water partition coefficient (Wildman–Crippen LogP) is 3.22.